The summed E-state index contributed by atoms with van der Waals surface area (Å²) < 4.78 is 5.27. The Balaban J connectivity index is 1.32. The Kier molecular flexibility index (Phi) is 5.07. The molecule has 2 aliphatic carbocycles. The molecule has 150 valence electrons. The highest BCUT2D eigenvalue weighted by molar-refractivity contribution is 7.18. The molecule has 3 aliphatic rings. The minimum atomic E-state index is -0.210. The number of fused-ring (bicyclic) bond motifs is 3. The number of nitrogens with one attached hydrogen (secondary N) is 1. The molecule has 0 aromatic carbocycles. The summed E-state index contributed by atoms with van der Waals surface area (Å²) in [6.45, 7) is 1.74. The van der Waals surface area contributed by atoms with Crippen molar-refractivity contribution in [2.45, 2.75) is 69.4 Å². The minimum Gasteiger partial charge on any atom is -0.378 e. The lowest BCUT2D eigenvalue weighted by molar-refractivity contribution is -0.118. The molecule has 7 heteroatoms. The predicted octanol–water partition coefficient (Wildman–Crippen LogP) is 2.69. The fourth-order valence-electron chi connectivity index (χ4n) is 5.20. The van der Waals surface area contributed by atoms with Crippen LogP contribution in [0.5, 0.6) is 0 Å². The number of hydrogen-bond acceptors (Lipinski definition) is 6. The smallest absolute Gasteiger partial charge is 0.218 e. The van der Waals surface area contributed by atoms with Crippen LogP contribution in [0.3, 0.4) is 0 Å². The molecule has 0 bridgehead atoms. The van der Waals surface area contributed by atoms with Crippen LogP contribution in [-0.4, -0.2) is 41.2 Å². The van der Waals surface area contributed by atoms with Crippen molar-refractivity contribution in [2.24, 2.45) is 11.7 Å². The largest absolute Gasteiger partial charge is 0.378 e. The molecule has 0 spiro atoms. The Morgan fingerprint density at radius 1 is 1.18 bits per heavy atom. The molecule has 0 radical (unpaired) electrons. The predicted molar refractivity (Wildman–Crippen MR) is 109 cm³/mol. The van der Waals surface area contributed by atoms with E-state index in [0.717, 1.165) is 37.3 Å². The first kappa shape index (κ1) is 18.5. The molecular formula is C21H28N4O2S. The maximum Gasteiger partial charge on any atom is 0.218 e. The second-order valence-electron chi connectivity index (χ2n) is 8.67. The van der Waals surface area contributed by atoms with Gasteiger partial charge in [0.05, 0.1) is 24.9 Å². The summed E-state index contributed by atoms with van der Waals surface area (Å²) in [6.07, 6.45) is 10.2. The first-order valence-corrected chi connectivity index (χ1v) is 11.4. The highest BCUT2D eigenvalue weighted by Gasteiger charge is 2.32. The second-order valence-corrected chi connectivity index (χ2v) is 9.75. The van der Waals surface area contributed by atoms with E-state index in [4.69, 9.17) is 15.5 Å². The Morgan fingerprint density at radius 2 is 2.00 bits per heavy atom. The number of primary amides is 1. The van der Waals surface area contributed by atoms with Crippen LogP contribution in [0.25, 0.3) is 10.2 Å². The van der Waals surface area contributed by atoms with Crippen molar-refractivity contribution < 1.29 is 9.53 Å². The summed E-state index contributed by atoms with van der Waals surface area (Å²) in [5, 5.41) is 4.96. The Bertz CT molecular complexity index is 871. The fraction of sp³-hybridized carbons (Fsp3) is 0.667. The number of ether oxygens (including phenoxy) is 1. The van der Waals surface area contributed by atoms with Gasteiger partial charge in [0.25, 0.3) is 0 Å². The van der Waals surface area contributed by atoms with Gasteiger partial charge in [0.1, 0.15) is 11.2 Å². The maximum absolute atomic E-state index is 11.5. The monoisotopic (exact) mass is 400 g/mol. The maximum atomic E-state index is 11.5. The van der Waals surface area contributed by atoms with Crippen molar-refractivity contribution in [2.75, 3.05) is 13.2 Å². The van der Waals surface area contributed by atoms with Gasteiger partial charge in [0, 0.05) is 22.7 Å². The Morgan fingerprint density at radius 3 is 2.71 bits per heavy atom. The van der Waals surface area contributed by atoms with E-state index in [1.807, 2.05) is 0 Å². The number of carbonyl (C=O) groups excluding carboxylic acids is 1. The van der Waals surface area contributed by atoms with Gasteiger partial charge in [-0.1, -0.05) is 0 Å². The number of carbonyl (C=O) groups is 1. The average Bonchev–Trinajstić information content (AvgIpc) is 3.19. The second kappa shape index (κ2) is 7.69. The van der Waals surface area contributed by atoms with Crippen LogP contribution in [0, 0.1) is 5.92 Å². The van der Waals surface area contributed by atoms with Crippen molar-refractivity contribution in [1.29, 1.82) is 0 Å². The zero-order valence-electron chi connectivity index (χ0n) is 16.2. The van der Waals surface area contributed by atoms with Gasteiger partial charge >= 0.3 is 0 Å². The molecule has 1 amide bonds. The van der Waals surface area contributed by atoms with Crippen LogP contribution in [0.1, 0.15) is 60.6 Å². The van der Waals surface area contributed by atoms with E-state index in [2.05, 4.69) is 10.3 Å². The molecule has 6 nitrogen and oxygen atoms in total. The van der Waals surface area contributed by atoms with E-state index in [0.29, 0.717) is 24.4 Å². The van der Waals surface area contributed by atoms with Crippen molar-refractivity contribution in [3.8, 4) is 0 Å². The summed E-state index contributed by atoms with van der Waals surface area (Å²) in [7, 11) is 0. The molecule has 3 heterocycles. The van der Waals surface area contributed by atoms with Gasteiger partial charge in [-0.05, 0) is 62.3 Å². The first-order valence-electron chi connectivity index (χ1n) is 10.5. The Labute approximate surface area is 169 Å². The lowest BCUT2D eigenvalue weighted by Crippen LogP contribution is -2.51. The number of hydrogen-bond donors (Lipinski definition) is 2. The summed E-state index contributed by atoms with van der Waals surface area (Å²) >= 11 is 1.78. The van der Waals surface area contributed by atoms with Crippen molar-refractivity contribution >= 4 is 27.5 Å². The van der Waals surface area contributed by atoms with E-state index in [1.165, 1.54) is 47.2 Å². The molecular weight excluding hydrogens is 372 g/mol. The lowest BCUT2D eigenvalue weighted by Gasteiger charge is -2.35. The van der Waals surface area contributed by atoms with Crippen molar-refractivity contribution in [3.05, 3.63) is 22.5 Å². The third-order valence-corrected chi connectivity index (χ3v) is 7.87. The first-order chi connectivity index (χ1) is 13.7. The van der Waals surface area contributed by atoms with Crippen LogP contribution < -0.4 is 11.1 Å². The van der Waals surface area contributed by atoms with Gasteiger partial charge in [-0.2, -0.15) is 0 Å². The molecule has 1 aliphatic heterocycles. The number of nitrogens with two attached hydrogens (primary N) is 1. The molecule has 1 atom stereocenters. The fourth-order valence-corrected chi connectivity index (χ4v) is 6.47. The highest BCUT2D eigenvalue weighted by Crippen LogP contribution is 2.46. The van der Waals surface area contributed by atoms with Gasteiger partial charge in [-0.15, -0.1) is 11.3 Å². The van der Waals surface area contributed by atoms with Crippen LogP contribution in [0.2, 0.25) is 0 Å². The topological polar surface area (TPSA) is 90.1 Å². The number of rotatable bonds is 6. The molecule has 5 rings (SSSR count). The summed E-state index contributed by atoms with van der Waals surface area (Å²) in [5.41, 5.74) is 8.02. The number of nitrogens with zero attached hydrogens (tertiary/aromatic N) is 2. The van der Waals surface area contributed by atoms with Crippen LogP contribution >= 0.6 is 11.3 Å². The van der Waals surface area contributed by atoms with Crippen molar-refractivity contribution in [1.82, 2.24) is 15.3 Å². The average molecular weight is 401 g/mol. The van der Waals surface area contributed by atoms with E-state index >= 15 is 0 Å². The minimum absolute atomic E-state index is 0.210. The molecule has 2 fully saturated rings. The molecule has 1 saturated carbocycles. The Hall–Kier alpha value is -1.57. The molecule has 3 N–H and O–H groups in total. The lowest BCUT2D eigenvalue weighted by atomic mass is 9.82. The normalized spacial score (nSPS) is 27.6. The molecule has 28 heavy (non-hydrogen) atoms. The van der Waals surface area contributed by atoms with Gasteiger partial charge < -0.3 is 15.8 Å². The number of thiophene rings is 1. The van der Waals surface area contributed by atoms with Crippen LogP contribution in [0.15, 0.2) is 6.33 Å². The van der Waals surface area contributed by atoms with Gasteiger partial charge in [0.2, 0.25) is 5.91 Å². The third-order valence-electron chi connectivity index (χ3n) is 6.69. The summed E-state index contributed by atoms with van der Waals surface area (Å²) in [6, 6.07) is 1.21. The van der Waals surface area contributed by atoms with E-state index < -0.39 is 0 Å². The quantitative estimate of drug-likeness (QED) is 0.778. The summed E-state index contributed by atoms with van der Waals surface area (Å²) in [5.74, 6) is 0.717. The van der Waals surface area contributed by atoms with Crippen molar-refractivity contribution in [3.63, 3.8) is 0 Å². The zero-order chi connectivity index (χ0) is 19.1. The number of amides is 1. The van der Waals surface area contributed by atoms with Gasteiger partial charge in [-0.25, -0.2) is 9.97 Å². The zero-order valence-corrected chi connectivity index (χ0v) is 17.0. The van der Waals surface area contributed by atoms with Gasteiger partial charge in [0.15, 0.2) is 0 Å². The number of aromatic nitrogens is 2. The van der Waals surface area contributed by atoms with Crippen LogP contribution in [0.4, 0.5) is 0 Å². The molecule has 0 unspecified atom stereocenters. The van der Waals surface area contributed by atoms with Gasteiger partial charge in [-0.3, -0.25) is 4.79 Å². The third kappa shape index (κ3) is 3.55. The highest BCUT2D eigenvalue weighted by atomic mass is 32.1. The SMILES string of the molecule is NC(=O)C[C@H]1CCc2sc3ncnc(CC4CCC(NC5COC5)CC4)c3c21. The molecule has 2 aromatic heterocycles. The van der Waals surface area contributed by atoms with E-state index in [1.54, 1.807) is 17.7 Å². The van der Waals surface area contributed by atoms with E-state index in [9.17, 15) is 4.79 Å². The standard InChI is InChI=1S/C21H28N4O2S/c22-18(26)8-13-3-6-17-19(13)20-16(23-11-24-21(20)28-17)7-12-1-4-14(5-2-12)25-15-9-27-10-15/h11-15,25H,1-10H2,(H2,22,26)/t12?,13-,14?/m1/s1. The summed E-state index contributed by atoms with van der Waals surface area (Å²) in [4.78, 5) is 23.3. The van der Waals surface area contributed by atoms with Crippen LogP contribution in [-0.2, 0) is 22.4 Å². The van der Waals surface area contributed by atoms with E-state index in [-0.39, 0.29) is 11.8 Å². The number of aryl methyl sites for hydroxylation is 1. The molecule has 1 saturated heterocycles. The molecule has 2 aromatic rings.